The van der Waals surface area contributed by atoms with Crippen LogP contribution in [0.15, 0.2) is 61.1 Å². The molecule has 4 rings (SSSR count). The molecule has 126 valence electrons. The van der Waals surface area contributed by atoms with E-state index in [0.717, 1.165) is 30.9 Å². The zero-order valence-corrected chi connectivity index (χ0v) is 13.8. The minimum atomic E-state index is -0.0175. The summed E-state index contributed by atoms with van der Waals surface area (Å²) in [5, 5.41) is 8.44. The topological polar surface area (TPSA) is 63.9 Å². The van der Waals surface area contributed by atoms with Crippen molar-refractivity contribution < 1.29 is 4.79 Å². The normalized spacial score (nSPS) is 17.4. The number of rotatable bonds is 3. The van der Waals surface area contributed by atoms with Crippen molar-refractivity contribution in [3.63, 3.8) is 0 Å². The van der Waals surface area contributed by atoms with Crippen LogP contribution in [0.1, 0.15) is 35.1 Å². The Hall–Kier alpha value is -3.02. The molecule has 1 aliphatic heterocycles. The smallest absolute Gasteiger partial charge is 0.272 e. The van der Waals surface area contributed by atoms with Crippen molar-refractivity contribution in [1.29, 1.82) is 0 Å². The average Bonchev–Trinajstić information content (AvgIpc) is 3.19. The van der Waals surface area contributed by atoms with Crippen LogP contribution in [0.5, 0.6) is 0 Å². The Morgan fingerprint density at radius 1 is 1.08 bits per heavy atom. The molecule has 1 fully saturated rings. The van der Waals surface area contributed by atoms with Crippen LogP contribution in [0.4, 0.5) is 0 Å². The summed E-state index contributed by atoms with van der Waals surface area (Å²) in [7, 11) is 0. The molecule has 0 radical (unpaired) electrons. The number of amides is 1. The van der Waals surface area contributed by atoms with Gasteiger partial charge in [-0.3, -0.25) is 14.3 Å². The molecule has 3 heterocycles. The number of carbonyl (C=O) groups excluding carboxylic acids is 1. The molecule has 1 aliphatic rings. The van der Waals surface area contributed by atoms with Gasteiger partial charge in [0.25, 0.3) is 5.91 Å². The lowest BCUT2D eigenvalue weighted by molar-refractivity contribution is 0.0698. The van der Waals surface area contributed by atoms with Crippen LogP contribution in [-0.4, -0.2) is 43.6 Å². The van der Waals surface area contributed by atoms with Crippen molar-refractivity contribution in [2.24, 2.45) is 0 Å². The first kappa shape index (κ1) is 15.5. The van der Waals surface area contributed by atoms with E-state index < -0.39 is 0 Å². The van der Waals surface area contributed by atoms with Gasteiger partial charge >= 0.3 is 0 Å². The molecule has 3 aromatic rings. The molecule has 1 aromatic carbocycles. The summed E-state index contributed by atoms with van der Waals surface area (Å²) in [6.07, 6.45) is 5.34. The van der Waals surface area contributed by atoms with Gasteiger partial charge in [0.2, 0.25) is 0 Å². The molecule has 0 aliphatic carbocycles. The number of para-hydroxylation sites is 1. The highest BCUT2D eigenvalue weighted by molar-refractivity contribution is 5.92. The molecule has 1 atom stereocenters. The molecule has 6 nitrogen and oxygen atoms in total. The SMILES string of the molecule is O=C(c1ccccn1)N1CCCC(c2nncn2-c2ccccc2)C1. The fourth-order valence-electron chi connectivity index (χ4n) is 3.33. The first-order chi connectivity index (χ1) is 12.3. The Labute approximate surface area is 146 Å². The number of benzene rings is 1. The van der Waals surface area contributed by atoms with Crippen molar-refractivity contribution in [3.05, 3.63) is 72.6 Å². The van der Waals surface area contributed by atoms with E-state index in [9.17, 15) is 4.79 Å². The first-order valence-corrected chi connectivity index (χ1v) is 8.48. The summed E-state index contributed by atoms with van der Waals surface area (Å²) in [6, 6.07) is 15.5. The van der Waals surface area contributed by atoms with E-state index in [4.69, 9.17) is 0 Å². The Kier molecular flexibility index (Phi) is 4.24. The second-order valence-electron chi connectivity index (χ2n) is 6.20. The number of pyridine rings is 1. The summed E-state index contributed by atoms with van der Waals surface area (Å²) < 4.78 is 2.01. The van der Waals surface area contributed by atoms with Crippen LogP contribution in [0.25, 0.3) is 5.69 Å². The highest BCUT2D eigenvalue weighted by Gasteiger charge is 2.29. The maximum absolute atomic E-state index is 12.7. The van der Waals surface area contributed by atoms with Crippen LogP contribution >= 0.6 is 0 Å². The van der Waals surface area contributed by atoms with Gasteiger partial charge in [-0.15, -0.1) is 10.2 Å². The lowest BCUT2D eigenvalue weighted by Crippen LogP contribution is -2.40. The zero-order valence-electron chi connectivity index (χ0n) is 13.8. The van der Waals surface area contributed by atoms with Gasteiger partial charge < -0.3 is 4.90 Å². The number of hydrogen-bond acceptors (Lipinski definition) is 4. The van der Waals surface area contributed by atoms with Gasteiger partial charge in [0.1, 0.15) is 17.8 Å². The summed E-state index contributed by atoms with van der Waals surface area (Å²) in [5.74, 6) is 1.06. The van der Waals surface area contributed by atoms with Gasteiger partial charge in [-0.1, -0.05) is 24.3 Å². The van der Waals surface area contributed by atoms with Gasteiger partial charge in [0, 0.05) is 30.9 Å². The van der Waals surface area contributed by atoms with Crippen LogP contribution < -0.4 is 0 Å². The zero-order chi connectivity index (χ0) is 17.1. The fourth-order valence-corrected chi connectivity index (χ4v) is 3.33. The molecular weight excluding hydrogens is 314 g/mol. The van der Waals surface area contributed by atoms with Gasteiger partial charge in [-0.25, -0.2) is 0 Å². The molecule has 25 heavy (non-hydrogen) atoms. The molecule has 0 bridgehead atoms. The maximum Gasteiger partial charge on any atom is 0.272 e. The van der Waals surface area contributed by atoms with Crippen molar-refractivity contribution in [2.45, 2.75) is 18.8 Å². The molecule has 6 heteroatoms. The third-order valence-corrected chi connectivity index (χ3v) is 4.57. The summed E-state index contributed by atoms with van der Waals surface area (Å²) in [6.45, 7) is 1.40. The van der Waals surface area contributed by atoms with E-state index in [1.54, 1.807) is 18.6 Å². The number of piperidine rings is 1. The molecule has 0 saturated carbocycles. The number of hydrogen-bond donors (Lipinski definition) is 0. The van der Waals surface area contributed by atoms with Crippen LogP contribution in [0.2, 0.25) is 0 Å². The van der Waals surface area contributed by atoms with Crippen molar-refractivity contribution in [1.82, 2.24) is 24.6 Å². The fraction of sp³-hybridized carbons (Fsp3) is 0.263. The highest BCUT2D eigenvalue weighted by atomic mass is 16.2. The molecule has 1 unspecified atom stereocenters. The molecule has 0 N–H and O–H groups in total. The molecule has 1 amide bonds. The lowest BCUT2D eigenvalue weighted by atomic mass is 9.96. The Balaban J connectivity index is 1.57. The second kappa shape index (κ2) is 6.84. The van der Waals surface area contributed by atoms with E-state index in [-0.39, 0.29) is 11.8 Å². The first-order valence-electron chi connectivity index (χ1n) is 8.48. The van der Waals surface area contributed by atoms with Gasteiger partial charge in [-0.05, 0) is 37.1 Å². The molecule has 0 spiro atoms. The quantitative estimate of drug-likeness (QED) is 0.739. The van der Waals surface area contributed by atoms with Gasteiger partial charge in [0.15, 0.2) is 0 Å². The second-order valence-corrected chi connectivity index (χ2v) is 6.20. The summed E-state index contributed by atoms with van der Waals surface area (Å²) >= 11 is 0. The Morgan fingerprint density at radius 3 is 2.72 bits per heavy atom. The standard InChI is InChI=1S/C19H19N5O/c25-19(17-10-4-5-11-20-17)23-12-6-7-15(13-23)18-22-21-14-24(18)16-8-2-1-3-9-16/h1-5,8-11,14-15H,6-7,12-13H2. The van der Waals surface area contributed by atoms with E-state index in [1.165, 1.54) is 0 Å². The van der Waals surface area contributed by atoms with Gasteiger partial charge in [-0.2, -0.15) is 0 Å². The molecule has 2 aromatic heterocycles. The van der Waals surface area contributed by atoms with Crippen LogP contribution in [0, 0.1) is 0 Å². The minimum absolute atomic E-state index is 0.0175. The number of nitrogens with zero attached hydrogens (tertiary/aromatic N) is 5. The largest absolute Gasteiger partial charge is 0.337 e. The van der Waals surface area contributed by atoms with E-state index in [2.05, 4.69) is 15.2 Å². The summed E-state index contributed by atoms with van der Waals surface area (Å²) in [5.41, 5.74) is 1.53. The molecule has 1 saturated heterocycles. The highest BCUT2D eigenvalue weighted by Crippen LogP contribution is 2.27. The molecular formula is C19H19N5O. The maximum atomic E-state index is 12.7. The number of likely N-dealkylation sites (tertiary alicyclic amines) is 1. The predicted molar refractivity (Wildman–Crippen MR) is 93.5 cm³/mol. The van der Waals surface area contributed by atoms with E-state index in [0.29, 0.717) is 12.2 Å². The van der Waals surface area contributed by atoms with E-state index in [1.807, 2.05) is 51.9 Å². The minimum Gasteiger partial charge on any atom is -0.337 e. The lowest BCUT2D eigenvalue weighted by Gasteiger charge is -2.32. The number of aromatic nitrogens is 4. The van der Waals surface area contributed by atoms with Crippen molar-refractivity contribution in [3.8, 4) is 5.69 Å². The third-order valence-electron chi connectivity index (χ3n) is 4.57. The Morgan fingerprint density at radius 2 is 1.92 bits per heavy atom. The Bertz CT molecular complexity index is 847. The predicted octanol–water partition coefficient (Wildman–Crippen LogP) is 2.68. The van der Waals surface area contributed by atoms with Gasteiger partial charge in [0.05, 0.1) is 0 Å². The summed E-state index contributed by atoms with van der Waals surface area (Å²) in [4.78, 5) is 18.7. The van der Waals surface area contributed by atoms with Crippen LogP contribution in [-0.2, 0) is 0 Å². The van der Waals surface area contributed by atoms with Crippen molar-refractivity contribution in [2.75, 3.05) is 13.1 Å². The average molecular weight is 333 g/mol. The van der Waals surface area contributed by atoms with Crippen LogP contribution in [0.3, 0.4) is 0 Å². The third kappa shape index (κ3) is 3.15. The van der Waals surface area contributed by atoms with E-state index >= 15 is 0 Å². The van der Waals surface area contributed by atoms with Crippen molar-refractivity contribution >= 4 is 5.91 Å². The number of carbonyl (C=O) groups is 1. The monoisotopic (exact) mass is 333 g/mol.